The average molecular weight is 300 g/mol. The molecular formula is C15H10BrNO. The summed E-state index contributed by atoms with van der Waals surface area (Å²) in [5.41, 5.74) is 2.81. The molecule has 0 N–H and O–H groups in total. The molecule has 3 rings (SSSR count). The maximum Gasteiger partial charge on any atom is 0.220 e. The van der Waals surface area contributed by atoms with E-state index in [0.717, 1.165) is 21.1 Å². The fourth-order valence-electron chi connectivity index (χ4n) is 1.70. The van der Waals surface area contributed by atoms with E-state index in [9.17, 15) is 0 Å². The van der Waals surface area contributed by atoms with Crippen LogP contribution < -0.4 is 0 Å². The largest absolute Gasteiger partial charge is 0.437 e. The van der Waals surface area contributed by atoms with E-state index in [4.69, 9.17) is 4.42 Å². The van der Waals surface area contributed by atoms with Gasteiger partial charge in [0.2, 0.25) is 5.89 Å². The third-order valence-corrected chi connectivity index (χ3v) is 3.13. The van der Waals surface area contributed by atoms with Gasteiger partial charge in [0.25, 0.3) is 0 Å². The van der Waals surface area contributed by atoms with Gasteiger partial charge in [0.05, 0.1) is 0 Å². The standard InChI is InChI=1S/C15H10BrNO/c16-12-8-5-11(6-9-12)7-10-15-17-13-3-1-2-4-14(13)18-15/h1-10H. The van der Waals surface area contributed by atoms with Gasteiger partial charge >= 0.3 is 0 Å². The van der Waals surface area contributed by atoms with Crippen LogP contribution in [0.2, 0.25) is 0 Å². The van der Waals surface area contributed by atoms with E-state index in [-0.39, 0.29) is 0 Å². The van der Waals surface area contributed by atoms with Crippen LogP contribution >= 0.6 is 15.9 Å². The lowest BCUT2D eigenvalue weighted by Crippen LogP contribution is -1.72. The molecule has 0 aliphatic rings. The first-order valence-corrected chi connectivity index (χ1v) is 6.40. The molecule has 0 bridgehead atoms. The molecule has 0 amide bonds. The fraction of sp³-hybridized carbons (Fsp3) is 0. The lowest BCUT2D eigenvalue weighted by molar-refractivity contribution is 0.590. The maximum atomic E-state index is 5.61. The first-order valence-electron chi connectivity index (χ1n) is 5.60. The molecule has 0 unspecified atom stereocenters. The van der Waals surface area contributed by atoms with Gasteiger partial charge in [0.1, 0.15) is 5.52 Å². The Kier molecular flexibility index (Phi) is 2.99. The van der Waals surface area contributed by atoms with E-state index in [0.29, 0.717) is 5.89 Å². The first-order chi connectivity index (χ1) is 8.81. The predicted molar refractivity (Wildman–Crippen MR) is 77.1 cm³/mol. The summed E-state index contributed by atoms with van der Waals surface area (Å²) in [6, 6.07) is 15.8. The lowest BCUT2D eigenvalue weighted by Gasteiger charge is -1.92. The molecule has 1 aromatic heterocycles. The quantitative estimate of drug-likeness (QED) is 0.682. The minimum atomic E-state index is 0.624. The van der Waals surface area contributed by atoms with Gasteiger partial charge in [-0.3, -0.25) is 0 Å². The van der Waals surface area contributed by atoms with E-state index < -0.39 is 0 Å². The van der Waals surface area contributed by atoms with Crippen molar-refractivity contribution in [1.82, 2.24) is 4.98 Å². The summed E-state index contributed by atoms with van der Waals surface area (Å²) in [6.45, 7) is 0. The Labute approximate surface area is 113 Å². The molecule has 0 spiro atoms. The Morgan fingerprint density at radius 1 is 0.944 bits per heavy atom. The third-order valence-electron chi connectivity index (χ3n) is 2.60. The number of hydrogen-bond acceptors (Lipinski definition) is 2. The van der Waals surface area contributed by atoms with Gasteiger partial charge in [-0.25, -0.2) is 4.98 Å². The van der Waals surface area contributed by atoms with E-state index in [2.05, 4.69) is 20.9 Å². The summed E-state index contributed by atoms with van der Waals surface area (Å²) >= 11 is 3.41. The number of rotatable bonds is 2. The maximum absolute atomic E-state index is 5.61. The normalized spacial score (nSPS) is 11.4. The minimum Gasteiger partial charge on any atom is -0.437 e. The number of fused-ring (bicyclic) bond motifs is 1. The Balaban J connectivity index is 1.89. The zero-order valence-electron chi connectivity index (χ0n) is 9.51. The van der Waals surface area contributed by atoms with Crippen molar-refractivity contribution in [1.29, 1.82) is 0 Å². The highest BCUT2D eigenvalue weighted by atomic mass is 79.9. The van der Waals surface area contributed by atoms with Gasteiger partial charge < -0.3 is 4.42 Å². The molecule has 2 aromatic carbocycles. The monoisotopic (exact) mass is 299 g/mol. The van der Waals surface area contributed by atoms with E-state index in [1.54, 1.807) is 0 Å². The molecule has 0 saturated heterocycles. The Hall–Kier alpha value is -1.87. The molecule has 3 heteroatoms. The minimum absolute atomic E-state index is 0.624. The summed E-state index contributed by atoms with van der Waals surface area (Å²) in [7, 11) is 0. The molecule has 0 fully saturated rings. The second kappa shape index (κ2) is 4.78. The van der Waals surface area contributed by atoms with Gasteiger partial charge in [0, 0.05) is 10.5 Å². The number of nitrogens with zero attached hydrogens (tertiary/aromatic N) is 1. The second-order valence-electron chi connectivity index (χ2n) is 3.90. The van der Waals surface area contributed by atoms with Gasteiger partial charge in [-0.2, -0.15) is 0 Å². The molecule has 88 valence electrons. The van der Waals surface area contributed by atoms with Crippen LogP contribution in [0.4, 0.5) is 0 Å². The number of hydrogen-bond donors (Lipinski definition) is 0. The fourth-order valence-corrected chi connectivity index (χ4v) is 1.97. The van der Waals surface area contributed by atoms with Gasteiger partial charge in [0.15, 0.2) is 5.58 Å². The van der Waals surface area contributed by atoms with Crippen LogP contribution in [-0.4, -0.2) is 4.98 Å². The van der Waals surface area contributed by atoms with Crippen LogP contribution in [0.5, 0.6) is 0 Å². The van der Waals surface area contributed by atoms with Crippen LogP contribution in [0, 0.1) is 0 Å². The van der Waals surface area contributed by atoms with Crippen LogP contribution in [-0.2, 0) is 0 Å². The zero-order chi connectivity index (χ0) is 12.4. The summed E-state index contributed by atoms with van der Waals surface area (Å²) in [6.07, 6.45) is 3.86. The molecule has 1 heterocycles. The van der Waals surface area contributed by atoms with E-state index in [1.807, 2.05) is 60.7 Å². The SMILES string of the molecule is Brc1ccc(C=Cc2nc3ccccc3o2)cc1. The molecular weight excluding hydrogens is 290 g/mol. The van der Waals surface area contributed by atoms with E-state index in [1.165, 1.54) is 0 Å². The van der Waals surface area contributed by atoms with Gasteiger partial charge in [-0.15, -0.1) is 0 Å². The highest BCUT2D eigenvalue weighted by molar-refractivity contribution is 9.10. The first kappa shape index (κ1) is 11.2. The predicted octanol–water partition coefficient (Wildman–Crippen LogP) is 4.76. The van der Waals surface area contributed by atoms with Gasteiger partial charge in [-0.1, -0.05) is 40.2 Å². The Morgan fingerprint density at radius 3 is 2.50 bits per heavy atom. The van der Waals surface area contributed by atoms with Crippen molar-refractivity contribution in [3.05, 3.63) is 64.5 Å². The van der Waals surface area contributed by atoms with Crippen molar-refractivity contribution >= 4 is 39.2 Å². The molecule has 0 saturated carbocycles. The van der Waals surface area contributed by atoms with Crippen molar-refractivity contribution in [2.75, 3.05) is 0 Å². The third kappa shape index (κ3) is 2.36. The van der Waals surface area contributed by atoms with Gasteiger partial charge in [-0.05, 0) is 35.9 Å². The van der Waals surface area contributed by atoms with Crippen LogP contribution in [0.15, 0.2) is 57.4 Å². The Bertz CT molecular complexity index is 665. The van der Waals surface area contributed by atoms with Crippen LogP contribution in [0.1, 0.15) is 11.5 Å². The summed E-state index contributed by atoms with van der Waals surface area (Å²) < 4.78 is 6.68. The molecule has 2 nitrogen and oxygen atoms in total. The van der Waals surface area contributed by atoms with Crippen molar-refractivity contribution in [3.8, 4) is 0 Å². The second-order valence-corrected chi connectivity index (χ2v) is 4.82. The van der Waals surface area contributed by atoms with Crippen molar-refractivity contribution < 1.29 is 4.42 Å². The highest BCUT2D eigenvalue weighted by Gasteiger charge is 2.00. The smallest absolute Gasteiger partial charge is 0.220 e. The molecule has 0 aliphatic heterocycles. The summed E-state index contributed by atoms with van der Waals surface area (Å²) in [5.74, 6) is 0.624. The zero-order valence-corrected chi connectivity index (χ0v) is 11.1. The van der Waals surface area contributed by atoms with E-state index >= 15 is 0 Å². The number of benzene rings is 2. The molecule has 0 atom stereocenters. The topological polar surface area (TPSA) is 26.0 Å². The number of aromatic nitrogens is 1. The molecule has 18 heavy (non-hydrogen) atoms. The average Bonchev–Trinajstić information content (AvgIpc) is 2.81. The number of para-hydroxylation sites is 2. The number of oxazole rings is 1. The molecule has 3 aromatic rings. The van der Waals surface area contributed by atoms with Crippen molar-refractivity contribution in [2.24, 2.45) is 0 Å². The highest BCUT2D eigenvalue weighted by Crippen LogP contribution is 2.17. The summed E-state index contributed by atoms with van der Waals surface area (Å²) in [5, 5.41) is 0. The van der Waals surface area contributed by atoms with Crippen molar-refractivity contribution in [2.45, 2.75) is 0 Å². The molecule has 0 aliphatic carbocycles. The van der Waals surface area contributed by atoms with Crippen LogP contribution in [0.3, 0.4) is 0 Å². The molecule has 0 radical (unpaired) electrons. The number of halogens is 1. The van der Waals surface area contributed by atoms with Crippen LogP contribution in [0.25, 0.3) is 23.3 Å². The summed E-state index contributed by atoms with van der Waals surface area (Å²) in [4.78, 5) is 4.38. The lowest BCUT2D eigenvalue weighted by atomic mass is 10.2. The van der Waals surface area contributed by atoms with Crippen molar-refractivity contribution in [3.63, 3.8) is 0 Å². The Morgan fingerprint density at radius 2 is 1.72 bits per heavy atom.